The fourth-order valence-corrected chi connectivity index (χ4v) is 1.58. The first-order chi connectivity index (χ1) is 6.20. The summed E-state index contributed by atoms with van der Waals surface area (Å²) in [6, 6.07) is 0. The Labute approximate surface area is 80.6 Å². The number of aliphatic imine (C=N–C) groups is 1. The largest absolute Gasteiger partial charge is 0.288 e. The van der Waals surface area contributed by atoms with Crippen LogP contribution in [0.5, 0.6) is 0 Å². The van der Waals surface area contributed by atoms with Crippen LogP contribution in [-0.2, 0) is 0 Å². The van der Waals surface area contributed by atoms with Crippen molar-refractivity contribution in [1.29, 1.82) is 0 Å². The highest BCUT2D eigenvalue weighted by Gasteiger charge is 2.14. The molecular weight excluding hydrogens is 158 g/mol. The van der Waals surface area contributed by atoms with E-state index in [1.165, 1.54) is 11.1 Å². The molecule has 0 saturated carbocycles. The molecule has 0 bridgehead atoms. The first-order valence-electron chi connectivity index (χ1n) is 4.72. The monoisotopic (exact) mass is 175 g/mol. The normalized spacial score (nSPS) is 23.0. The van der Waals surface area contributed by atoms with Gasteiger partial charge in [0.1, 0.15) is 0 Å². The quantitative estimate of drug-likeness (QED) is 0.580. The lowest BCUT2D eigenvalue weighted by molar-refractivity contribution is 0.784. The lowest BCUT2D eigenvalue weighted by Gasteiger charge is -2.17. The summed E-state index contributed by atoms with van der Waals surface area (Å²) in [7, 11) is 1.84. The molecule has 0 aromatic rings. The van der Waals surface area contributed by atoms with E-state index in [-0.39, 0.29) is 0 Å². The van der Waals surface area contributed by atoms with Crippen LogP contribution in [-0.4, -0.2) is 12.8 Å². The van der Waals surface area contributed by atoms with E-state index in [0.29, 0.717) is 5.92 Å². The molecule has 0 spiro atoms. The topological polar surface area (TPSA) is 12.4 Å². The summed E-state index contributed by atoms with van der Waals surface area (Å²) >= 11 is 0. The fourth-order valence-electron chi connectivity index (χ4n) is 1.58. The molecule has 0 fully saturated rings. The maximum atomic E-state index is 4.25. The van der Waals surface area contributed by atoms with Crippen LogP contribution in [0.4, 0.5) is 0 Å². The Hall–Kier alpha value is -1.11. The summed E-state index contributed by atoms with van der Waals surface area (Å²) < 4.78 is 0. The zero-order valence-electron chi connectivity index (χ0n) is 8.83. The molecule has 0 amide bonds. The van der Waals surface area contributed by atoms with Crippen LogP contribution in [0.2, 0.25) is 0 Å². The molecule has 0 aromatic heterocycles. The van der Waals surface area contributed by atoms with Crippen LogP contribution in [0.15, 0.2) is 40.4 Å². The zero-order valence-corrected chi connectivity index (χ0v) is 8.83. The van der Waals surface area contributed by atoms with Crippen molar-refractivity contribution in [2.24, 2.45) is 10.9 Å². The van der Waals surface area contributed by atoms with Crippen LogP contribution in [0.25, 0.3) is 0 Å². The minimum absolute atomic E-state index is 0.563. The Morgan fingerprint density at radius 1 is 1.38 bits per heavy atom. The Balaban J connectivity index is 3.11. The maximum absolute atomic E-state index is 4.25. The lowest BCUT2D eigenvalue weighted by Crippen LogP contribution is -2.09. The van der Waals surface area contributed by atoms with Crippen LogP contribution in [0.1, 0.15) is 20.8 Å². The predicted molar refractivity (Wildman–Crippen MR) is 59.2 cm³/mol. The van der Waals surface area contributed by atoms with Gasteiger partial charge in [-0.15, -0.1) is 0 Å². The van der Waals surface area contributed by atoms with Crippen molar-refractivity contribution in [2.75, 3.05) is 7.05 Å². The van der Waals surface area contributed by atoms with Gasteiger partial charge < -0.3 is 0 Å². The van der Waals surface area contributed by atoms with Gasteiger partial charge in [-0.3, -0.25) is 4.99 Å². The molecule has 1 rings (SSSR count). The molecule has 0 heterocycles. The smallest absolute Gasteiger partial charge is 0.0642 e. The highest BCUT2D eigenvalue weighted by atomic mass is 14.7. The second-order valence-corrected chi connectivity index (χ2v) is 3.45. The summed E-state index contributed by atoms with van der Waals surface area (Å²) in [6.07, 6.45) is 8.44. The fraction of sp³-hybridized carbons (Fsp3) is 0.417. The van der Waals surface area contributed by atoms with Crippen LogP contribution in [0.3, 0.4) is 0 Å². The van der Waals surface area contributed by atoms with Gasteiger partial charge in [0.15, 0.2) is 0 Å². The highest BCUT2D eigenvalue weighted by molar-refractivity contribution is 6.12. The lowest BCUT2D eigenvalue weighted by atomic mass is 9.88. The van der Waals surface area contributed by atoms with Crippen molar-refractivity contribution in [1.82, 2.24) is 0 Å². The van der Waals surface area contributed by atoms with E-state index in [2.05, 4.69) is 50.1 Å². The Morgan fingerprint density at radius 3 is 2.54 bits per heavy atom. The third-order valence-electron chi connectivity index (χ3n) is 2.27. The van der Waals surface area contributed by atoms with Crippen molar-refractivity contribution < 1.29 is 0 Å². The van der Waals surface area contributed by atoms with E-state index in [9.17, 15) is 0 Å². The molecule has 13 heavy (non-hydrogen) atoms. The Kier molecular flexibility index (Phi) is 3.24. The highest BCUT2D eigenvalue weighted by Crippen LogP contribution is 2.24. The number of hydrogen-bond donors (Lipinski definition) is 0. The van der Waals surface area contributed by atoms with Gasteiger partial charge in [-0.05, 0) is 30.1 Å². The van der Waals surface area contributed by atoms with Crippen molar-refractivity contribution in [3.8, 4) is 0 Å². The van der Waals surface area contributed by atoms with Crippen molar-refractivity contribution in [3.05, 3.63) is 35.5 Å². The van der Waals surface area contributed by atoms with E-state index in [4.69, 9.17) is 0 Å². The minimum Gasteiger partial charge on any atom is -0.288 e. The molecule has 1 nitrogen and oxygen atoms in total. The average Bonchev–Trinajstić information content (AvgIpc) is 2.16. The second-order valence-electron chi connectivity index (χ2n) is 3.45. The summed E-state index contributed by atoms with van der Waals surface area (Å²) in [5, 5.41) is 0. The summed E-state index contributed by atoms with van der Waals surface area (Å²) in [6.45, 7) is 6.49. The average molecular weight is 175 g/mol. The molecule has 0 radical (unpaired) electrons. The molecule has 1 aliphatic rings. The van der Waals surface area contributed by atoms with Gasteiger partial charge in [-0.25, -0.2) is 0 Å². The molecule has 0 saturated heterocycles. The van der Waals surface area contributed by atoms with Crippen LogP contribution >= 0.6 is 0 Å². The third-order valence-corrected chi connectivity index (χ3v) is 2.27. The molecular formula is C12H17N. The number of rotatable bonds is 1. The Morgan fingerprint density at radius 2 is 2.08 bits per heavy atom. The SMILES string of the molecule is C/C=C1/C(C(C)C)=CC=C/C1=N/C. The Bertz CT molecular complexity index is 301. The molecule has 0 aromatic carbocycles. The number of nitrogens with zero attached hydrogens (tertiary/aromatic N) is 1. The first kappa shape index (κ1) is 9.97. The number of allylic oxidation sites excluding steroid dienone is 6. The first-order valence-corrected chi connectivity index (χ1v) is 4.72. The van der Waals surface area contributed by atoms with E-state index in [0.717, 1.165) is 5.71 Å². The van der Waals surface area contributed by atoms with Crippen LogP contribution < -0.4 is 0 Å². The van der Waals surface area contributed by atoms with Crippen molar-refractivity contribution in [2.45, 2.75) is 20.8 Å². The van der Waals surface area contributed by atoms with Crippen molar-refractivity contribution in [3.63, 3.8) is 0 Å². The van der Waals surface area contributed by atoms with E-state index >= 15 is 0 Å². The van der Waals surface area contributed by atoms with Gasteiger partial charge >= 0.3 is 0 Å². The standard InChI is InChI=1S/C12H17N/c1-5-10-11(9(2)3)7-6-8-12(10)13-4/h5-9H,1-4H3/b10-5-,13-12-. The van der Waals surface area contributed by atoms with Gasteiger partial charge in [0, 0.05) is 7.05 Å². The van der Waals surface area contributed by atoms with Crippen molar-refractivity contribution >= 4 is 5.71 Å². The molecule has 1 heteroatoms. The van der Waals surface area contributed by atoms with Crippen LogP contribution in [0, 0.1) is 5.92 Å². The molecule has 1 aliphatic carbocycles. The zero-order chi connectivity index (χ0) is 9.84. The molecule has 70 valence electrons. The second kappa shape index (κ2) is 4.22. The van der Waals surface area contributed by atoms with E-state index < -0.39 is 0 Å². The molecule has 0 aliphatic heterocycles. The summed E-state index contributed by atoms with van der Waals surface area (Å²) in [5.41, 5.74) is 3.75. The molecule has 0 atom stereocenters. The predicted octanol–water partition coefficient (Wildman–Crippen LogP) is 3.16. The van der Waals surface area contributed by atoms with Gasteiger partial charge in [-0.2, -0.15) is 0 Å². The minimum atomic E-state index is 0.563. The van der Waals surface area contributed by atoms with E-state index in [1.807, 2.05) is 7.05 Å². The van der Waals surface area contributed by atoms with Gasteiger partial charge in [0.2, 0.25) is 0 Å². The van der Waals surface area contributed by atoms with Gasteiger partial charge in [-0.1, -0.05) is 32.1 Å². The van der Waals surface area contributed by atoms with Gasteiger partial charge in [0.05, 0.1) is 5.71 Å². The number of hydrogen-bond acceptors (Lipinski definition) is 1. The van der Waals surface area contributed by atoms with Gasteiger partial charge in [0.25, 0.3) is 0 Å². The maximum Gasteiger partial charge on any atom is 0.0642 e. The molecule has 0 N–H and O–H groups in total. The summed E-state index contributed by atoms with van der Waals surface area (Å²) in [5.74, 6) is 0.563. The molecule has 0 unspecified atom stereocenters. The summed E-state index contributed by atoms with van der Waals surface area (Å²) in [4.78, 5) is 4.25. The van der Waals surface area contributed by atoms with E-state index in [1.54, 1.807) is 0 Å². The third kappa shape index (κ3) is 1.97.